The molecule has 3 aromatic rings. The molecule has 4 rings (SSSR count). The molecular formula is C18H19N5O2S. The van der Waals surface area contributed by atoms with Crippen molar-refractivity contribution in [2.75, 3.05) is 36.5 Å². The molecule has 2 aromatic heterocycles. The second-order valence-corrected chi connectivity index (χ2v) is 6.93. The Morgan fingerprint density at radius 3 is 2.85 bits per heavy atom. The second-order valence-electron chi connectivity index (χ2n) is 5.95. The maximum atomic E-state index is 9.59. The smallest absolute Gasteiger partial charge is 0.227 e. The number of morpholine rings is 1. The predicted molar refractivity (Wildman–Crippen MR) is 102 cm³/mol. The van der Waals surface area contributed by atoms with Crippen LogP contribution in [0.2, 0.25) is 0 Å². The number of ether oxygens (including phenoxy) is 1. The third kappa shape index (κ3) is 3.61. The lowest BCUT2D eigenvalue weighted by Gasteiger charge is -2.26. The van der Waals surface area contributed by atoms with Crippen LogP contribution in [0, 0.1) is 6.92 Å². The van der Waals surface area contributed by atoms with Crippen molar-refractivity contribution in [3.05, 3.63) is 42.2 Å². The largest absolute Gasteiger partial charge is 0.508 e. The van der Waals surface area contributed by atoms with E-state index in [2.05, 4.69) is 20.2 Å². The molecule has 0 spiro atoms. The zero-order chi connectivity index (χ0) is 17.9. The van der Waals surface area contributed by atoms with Crippen LogP contribution in [0.3, 0.4) is 0 Å². The van der Waals surface area contributed by atoms with Gasteiger partial charge in [0.1, 0.15) is 5.75 Å². The van der Waals surface area contributed by atoms with E-state index in [4.69, 9.17) is 9.72 Å². The summed E-state index contributed by atoms with van der Waals surface area (Å²) in [5.74, 6) is 0.674. The molecule has 0 bridgehead atoms. The minimum atomic E-state index is 0.194. The van der Waals surface area contributed by atoms with Gasteiger partial charge in [0.05, 0.1) is 29.5 Å². The Labute approximate surface area is 155 Å². The van der Waals surface area contributed by atoms with Crippen LogP contribution in [-0.2, 0) is 4.74 Å². The maximum absolute atomic E-state index is 9.59. The summed E-state index contributed by atoms with van der Waals surface area (Å²) in [5, 5.41) is 13.7. The number of anilines is 3. The molecule has 0 aliphatic carbocycles. The number of aryl methyl sites for hydroxylation is 1. The zero-order valence-electron chi connectivity index (χ0n) is 14.3. The van der Waals surface area contributed by atoms with Crippen molar-refractivity contribution in [2.24, 2.45) is 0 Å². The van der Waals surface area contributed by atoms with E-state index >= 15 is 0 Å². The van der Waals surface area contributed by atoms with Gasteiger partial charge in [0.15, 0.2) is 5.13 Å². The number of benzene rings is 1. The Hall–Kier alpha value is -2.71. The van der Waals surface area contributed by atoms with Crippen LogP contribution in [0.5, 0.6) is 5.75 Å². The van der Waals surface area contributed by atoms with Crippen LogP contribution >= 0.6 is 11.3 Å². The Bertz CT molecular complexity index is 908. The van der Waals surface area contributed by atoms with Gasteiger partial charge in [-0.05, 0) is 25.1 Å². The summed E-state index contributed by atoms with van der Waals surface area (Å²) >= 11 is 1.64. The van der Waals surface area contributed by atoms with Crippen LogP contribution in [0.15, 0.2) is 36.5 Å². The number of phenolic OH excluding ortho intramolecular Hbond substituents is 1. The third-order valence-electron chi connectivity index (χ3n) is 4.06. The van der Waals surface area contributed by atoms with Gasteiger partial charge in [-0.15, -0.1) is 0 Å². The van der Waals surface area contributed by atoms with Crippen LogP contribution in [-0.4, -0.2) is 46.4 Å². The maximum Gasteiger partial charge on any atom is 0.227 e. The highest BCUT2D eigenvalue weighted by Gasteiger charge is 2.18. The van der Waals surface area contributed by atoms with Gasteiger partial charge in [0.2, 0.25) is 5.95 Å². The Balaban J connectivity index is 1.59. The molecule has 0 radical (unpaired) electrons. The highest BCUT2D eigenvalue weighted by Crippen LogP contribution is 2.34. The lowest BCUT2D eigenvalue weighted by Crippen LogP contribution is -2.36. The molecule has 1 aliphatic rings. The SMILES string of the molecule is Cc1nc(N2CCOCC2)sc1-c1ccnc(Nc2cccc(O)c2)n1. The van der Waals surface area contributed by atoms with Gasteiger partial charge in [0.25, 0.3) is 0 Å². The molecule has 0 amide bonds. The van der Waals surface area contributed by atoms with Crippen molar-refractivity contribution < 1.29 is 9.84 Å². The molecule has 1 fully saturated rings. The normalized spacial score (nSPS) is 14.4. The molecule has 1 aliphatic heterocycles. The molecule has 0 saturated carbocycles. The number of nitrogens with one attached hydrogen (secondary N) is 1. The summed E-state index contributed by atoms with van der Waals surface area (Å²) in [6, 6.07) is 8.76. The number of phenols is 1. The Kier molecular flexibility index (Phi) is 4.68. The number of rotatable bonds is 4. The summed E-state index contributed by atoms with van der Waals surface area (Å²) in [5.41, 5.74) is 2.52. The molecule has 3 heterocycles. The first-order valence-electron chi connectivity index (χ1n) is 8.38. The molecule has 1 saturated heterocycles. The fourth-order valence-corrected chi connectivity index (χ4v) is 3.86. The number of aromatic hydroxyl groups is 1. The van der Waals surface area contributed by atoms with Crippen LogP contribution < -0.4 is 10.2 Å². The predicted octanol–water partition coefficient (Wildman–Crippen LogP) is 3.19. The van der Waals surface area contributed by atoms with E-state index in [1.807, 2.05) is 19.1 Å². The molecule has 7 nitrogen and oxygen atoms in total. The minimum Gasteiger partial charge on any atom is -0.508 e. The van der Waals surface area contributed by atoms with E-state index in [0.29, 0.717) is 5.95 Å². The topological polar surface area (TPSA) is 83.4 Å². The van der Waals surface area contributed by atoms with Gasteiger partial charge in [-0.3, -0.25) is 0 Å². The lowest BCUT2D eigenvalue weighted by atomic mass is 10.3. The fraction of sp³-hybridized carbons (Fsp3) is 0.278. The van der Waals surface area contributed by atoms with Crippen molar-refractivity contribution in [2.45, 2.75) is 6.92 Å². The van der Waals surface area contributed by atoms with Gasteiger partial charge in [-0.1, -0.05) is 17.4 Å². The van der Waals surface area contributed by atoms with Gasteiger partial charge < -0.3 is 20.1 Å². The molecule has 8 heteroatoms. The van der Waals surface area contributed by atoms with Crippen LogP contribution in [0.1, 0.15) is 5.69 Å². The molecule has 0 unspecified atom stereocenters. The monoisotopic (exact) mass is 369 g/mol. The van der Waals surface area contributed by atoms with Gasteiger partial charge in [0, 0.05) is 31.0 Å². The quantitative estimate of drug-likeness (QED) is 0.731. The van der Waals surface area contributed by atoms with Crippen molar-refractivity contribution in [3.8, 4) is 16.3 Å². The summed E-state index contributed by atoms with van der Waals surface area (Å²) in [6.45, 7) is 5.19. The number of aromatic nitrogens is 3. The van der Waals surface area contributed by atoms with Gasteiger partial charge in [-0.2, -0.15) is 0 Å². The van der Waals surface area contributed by atoms with E-state index < -0.39 is 0 Å². The number of hydrogen-bond donors (Lipinski definition) is 2. The lowest BCUT2D eigenvalue weighted by molar-refractivity contribution is 0.122. The summed E-state index contributed by atoms with van der Waals surface area (Å²) in [4.78, 5) is 16.9. The molecule has 0 atom stereocenters. The van der Waals surface area contributed by atoms with E-state index in [1.165, 1.54) is 0 Å². The molecular weight excluding hydrogens is 350 g/mol. The highest BCUT2D eigenvalue weighted by molar-refractivity contribution is 7.19. The molecule has 134 valence electrons. The standard InChI is InChI=1S/C18H19N5O2S/c1-12-16(26-18(20-12)23-7-9-25-10-8-23)15-5-6-19-17(22-15)21-13-3-2-4-14(24)11-13/h2-6,11,24H,7-10H2,1H3,(H,19,21,22). The average molecular weight is 369 g/mol. The first kappa shape index (κ1) is 16.7. The van der Waals surface area contributed by atoms with E-state index in [0.717, 1.165) is 53.4 Å². The van der Waals surface area contributed by atoms with E-state index in [1.54, 1.807) is 35.7 Å². The number of nitrogens with zero attached hydrogens (tertiary/aromatic N) is 4. The summed E-state index contributed by atoms with van der Waals surface area (Å²) in [6.07, 6.45) is 1.72. The first-order valence-corrected chi connectivity index (χ1v) is 9.20. The fourth-order valence-electron chi connectivity index (χ4n) is 2.77. The van der Waals surface area contributed by atoms with Crippen LogP contribution in [0.25, 0.3) is 10.6 Å². The number of hydrogen-bond acceptors (Lipinski definition) is 8. The second kappa shape index (κ2) is 7.27. The van der Waals surface area contributed by atoms with Crippen molar-refractivity contribution in [3.63, 3.8) is 0 Å². The Morgan fingerprint density at radius 2 is 2.04 bits per heavy atom. The van der Waals surface area contributed by atoms with Crippen molar-refractivity contribution in [1.29, 1.82) is 0 Å². The molecule has 1 aromatic carbocycles. The molecule has 26 heavy (non-hydrogen) atoms. The first-order chi connectivity index (χ1) is 12.7. The summed E-state index contributed by atoms with van der Waals surface area (Å²) in [7, 11) is 0. The average Bonchev–Trinajstić information content (AvgIpc) is 3.05. The van der Waals surface area contributed by atoms with Crippen LogP contribution in [0.4, 0.5) is 16.8 Å². The van der Waals surface area contributed by atoms with Gasteiger partial charge in [-0.25, -0.2) is 15.0 Å². The van der Waals surface area contributed by atoms with E-state index in [-0.39, 0.29) is 5.75 Å². The minimum absolute atomic E-state index is 0.194. The number of thiazole rings is 1. The van der Waals surface area contributed by atoms with Crippen molar-refractivity contribution in [1.82, 2.24) is 15.0 Å². The highest BCUT2D eigenvalue weighted by atomic mass is 32.1. The summed E-state index contributed by atoms with van der Waals surface area (Å²) < 4.78 is 5.41. The molecule has 2 N–H and O–H groups in total. The Morgan fingerprint density at radius 1 is 1.19 bits per heavy atom. The van der Waals surface area contributed by atoms with Crippen molar-refractivity contribution >= 4 is 28.1 Å². The third-order valence-corrected chi connectivity index (χ3v) is 5.30. The van der Waals surface area contributed by atoms with E-state index in [9.17, 15) is 5.11 Å². The van der Waals surface area contributed by atoms with Gasteiger partial charge >= 0.3 is 0 Å². The zero-order valence-corrected chi connectivity index (χ0v) is 15.2.